The zero-order chi connectivity index (χ0) is 14.0. The molecule has 0 fully saturated rings. The van der Waals surface area contributed by atoms with E-state index in [4.69, 9.17) is 23.2 Å². The van der Waals surface area contributed by atoms with Crippen molar-refractivity contribution in [1.82, 2.24) is 0 Å². The van der Waals surface area contributed by atoms with Crippen LogP contribution in [0.2, 0.25) is 10.0 Å². The predicted octanol–water partition coefficient (Wildman–Crippen LogP) is 4.55. The molecule has 1 N–H and O–H groups in total. The van der Waals surface area contributed by atoms with Crippen LogP contribution in [0.3, 0.4) is 0 Å². The minimum Gasteiger partial charge on any atom is -0.388 e. The van der Waals surface area contributed by atoms with E-state index in [1.165, 1.54) is 30.3 Å². The van der Waals surface area contributed by atoms with Crippen molar-refractivity contribution in [3.63, 3.8) is 0 Å². The van der Waals surface area contributed by atoms with E-state index in [1.807, 2.05) is 0 Å². The molecule has 0 bridgehead atoms. The van der Waals surface area contributed by atoms with Gasteiger partial charge in [0.1, 0.15) is 11.6 Å². The van der Waals surface area contributed by atoms with Crippen molar-refractivity contribution in [2.75, 3.05) is 0 Å². The lowest BCUT2D eigenvalue weighted by Gasteiger charge is -2.12. The summed E-state index contributed by atoms with van der Waals surface area (Å²) in [7, 11) is 0. The van der Waals surface area contributed by atoms with Crippen molar-refractivity contribution in [3.05, 3.63) is 69.2 Å². The second-order valence-corrected chi connectivity index (χ2v) is 4.96. The molecule has 0 aliphatic heterocycles. The minimum atomic E-state index is -0.938. The lowest BCUT2D eigenvalue weighted by Crippen LogP contribution is -2.02. The molecule has 1 nitrogen and oxygen atoms in total. The molecule has 0 saturated heterocycles. The van der Waals surface area contributed by atoms with Gasteiger partial charge in [-0.25, -0.2) is 8.78 Å². The molecule has 100 valence electrons. The molecular formula is C14H10Cl2F2O. The second kappa shape index (κ2) is 5.87. The smallest absolute Gasteiger partial charge is 0.142 e. The molecule has 2 aromatic carbocycles. The Morgan fingerprint density at radius 1 is 0.947 bits per heavy atom. The molecule has 2 aromatic rings. The quantitative estimate of drug-likeness (QED) is 0.882. The van der Waals surface area contributed by atoms with E-state index in [1.54, 1.807) is 6.07 Å². The Bertz CT molecular complexity index is 602. The highest BCUT2D eigenvalue weighted by Gasteiger charge is 2.12. The fraction of sp³-hybridized carbons (Fsp3) is 0.143. The van der Waals surface area contributed by atoms with Crippen LogP contribution >= 0.6 is 23.2 Å². The summed E-state index contributed by atoms with van der Waals surface area (Å²) in [6.45, 7) is 0. The van der Waals surface area contributed by atoms with Gasteiger partial charge in [0.25, 0.3) is 0 Å². The SMILES string of the molecule is OC(Cc1ccc(Cl)c(F)c1)c1ccc(Cl)c(F)c1. The van der Waals surface area contributed by atoms with Crippen LogP contribution in [0, 0.1) is 11.6 Å². The normalized spacial score (nSPS) is 12.5. The Morgan fingerprint density at radius 3 is 2.11 bits per heavy atom. The summed E-state index contributed by atoms with van der Waals surface area (Å²) >= 11 is 11.1. The number of aliphatic hydroxyl groups excluding tert-OH is 1. The van der Waals surface area contributed by atoms with Gasteiger partial charge in [0.05, 0.1) is 16.1 Å². The van der Waals surface area contributed by atoms with Crippen LogP contribution in [0.15, 0.2) is 36.4 Å². The zero-order valence-corrected chi connectivity index (χ0v) is 11.2. The first kappa shape index (κ1) is 14.3. The van der Waals surface area contributed by atoms with Crippen molar-refractivity contribution < 1.29 is 13.9 Å². The van der Waals surface area contributed by atoms with Gasteiger partial charge in [-0.3, -0.25) is 0 Å². The van der Waals surface area contributed by atoms with Gasteiger partial charge >= 0.3 is 0 Å². The third-order valence-electron chi connectivity index (χ3n) is 2.74. The first-order valence-electron chi connectivity index (χ1n) is 5.54. The summed E-state index contributed by atoms with van der Waals surface area (Å²) in [6.07, 6.45) is -0.776. The highest BCUT2D eigenvalue weighted by molar-refractivity contribution is 6.31. The summed E-state index contributed by atoms with van der Waals surface area (Å²) in [4.78, 5) is 0. The van der Waals surface area contributed by atoms with Crippen LogP contribution in [0.5, 0.6) is 0 Å². The Kier molecular flexibility index (Phi) is 4.40. The molecular weight excluding hydrogens is 293 g/mol. The van der Waals surface area contributed by atoms with Crippen LogP contribution in [-0.2, 0) is 6.42 Å². The topological polar surface area (TPSA) is 20.2 Å². The number of aliphatic hydroxyl groups is 1. The monoisotopic (exact) mass is 302 g/mol. The van der Waals surface area contributed by atoms with Crippen LogP contribution in [0.1, 0.15) is 17.2 Å². The summed E-state index contributed by atoms with van der Waals surface area (Å²) in [5.74, 6) is -1.14. The van der Waals surface area contributed by atoms with Crippen LogP contribution in [-0.4, -0.2) is 5.11 Å². The van der Waals surface area contributed by atoms with Crippen molar-refractivity contribution in [2.24, 2.45) is 0 Å². The van der Waals surface area contributed by atoms with Gasteiger partial charge in [-0.2, -0.15) is 0 Å². The van der Waals surface area contributed by atoms with Gasteiger partial charge < -0.3 is 5.11 Å². The van der Waals surface area contributed by atoms with E-state index in [0.717, 1.165) is 0 Å². The average Bonchev–Trinajstić information content (AvgIpc) is 2.37. The van der Waals surface area contributed by atoms with Gasteiger partial charge in [0, 0.05) is 6.42 Å². The van der Waals surface area contributed by atoms with Gasteiger partial charge in [-0.15, -0.1) is 0 Å². The van der Waals surface area contributed by atoms with Crippen molar-refractivity contribution >= 4 is 23.2 Å². The number of benzene rings is 2. The van der Waals surface area contributed by atoms with E-state index in [9.17, 15) is 13.9 Å². The molecule has 0 radical (unpaired) electrons. The first-order valence-corrected chi connectivity index (χ1v) is 6.30. The fourth-order valence-electron chi connectivity index (χ4n) is 1.73. The largest absolute Gasteiger partial charge is 0.388 e. The van der Waals surface area contributed by atoms with E-state index in [2.05, 4.69) is 0 Å². The number of hydrogen-bond donors (Lipinski definition) is 1. The van der Waals surface area contributed by atoms with Gasteiger partial charge in [0.2, 0.25) is 0 Å². The highest BCUT2D eigenvalue weighted by atomic mass is 35.5. The van der Waals surface area contributed by atoms with Crippen LogP contribution < -0.4 is 0 Å². The van der Waals surface area contributed by atoms with Crippen LogP contribution in [0.4, 0.5) is 8.78 Å². The van der Waals surface area contributed by atoms with Gasteiger partial charge in [-0.1, -0.05) is 35.3 Å². The number of halogens is 4. The molecule has 0 amide bonds. The lowest BCUT2D eigenvalue weighted by molar-refractivity contribution is 0.178. The maximum absolute atomic E-state index is 13.3. The van der Waals surface area contributed by atoms with Crippen molar-refractivity contribution in [1.29, 1.82) is 0 Å². The highest BCUT2D eigenvalue weighted by Crippen LogP contribution is 2.24. The molecule has 0 heterocycles. The molecule has 1 unspecified atom stereocenters. The molecule has 2 rings (SSSR count). The third kappa shape index (κ3) is 3.44. The number of rotatable bonds is 3. The molecule has 1 atom stereocenters. The van der Waals surface area contributed by atoms with Gasteiger partial charge in [0.15, 0.2) is 0 Å². The van der Waals surface area contributed by atoms with Crippen LogP contribution in [0.25, 0.3) is 0 Å². The van der Waals surface area contributed by atoms with Crippen molar-refractivity contribution in [2.45, 2.75) is 12.5 Å². The Balaban J connectivity index is 2.17. The fourth-order valence-corrected chi connectivity index (χ4v) is 1.96. The molecule has 0 saturated carbocycles. The maximum atomic E-state index is 13.3. The van der Waals surface area contributed by atoms with Gasteiger partial charge in [-0.05, 0) is 35.4 Å². The molecule has 19 heavy (non-hydrogen) atoms. The summed E-state index contributed by atoms with van der Waals surface area (Å²) < 4.78 is 26.5. The Labute approximate surface area is 119 Å². The minimum absolute atomic E-state index is 0.00603. The lowest BCUT2D eigenvalue weighted by atomic mass is 10.0. The molecule has 5 heteroatoms. The third-order valence-corrected chi connectivity index (χ3v) is 3.35. The Hall–Kier alpha value is -1.16. The maximum Gasteiger partial charge on any atom is 0.142 e. The van der Waals surface area contributed by atoms with E-state index in [-0.39, 0.29) is 16.5 Å². The zero-order valence-electron chi connectivity index (χ0n) is 9.71. The molecule has 0 aliphatic carbocycles. The standard InChI is InChI=1S/C14H10Cl2F2O/c15-10-3-1-8(5-12(10)17)6-14(19)9-2-4-11(16)13(18)7-9/h1-5,7,14,19H,6H2. The summed E-state index contributed by atoms with van der Waals surface area (Å²) in [5.41, 5.74) is 0.960. The second-order valence-electron chi connectivity index (χ2n) is 4.14. The summed E-state index contributed by atoms with van der Waals surface area (Å²) in [6, 6.07) is 8.35. The summed E-state index contributed by atoms with van der Waals surface area (Å²) in [5, 5.41) is 10.0. The van der Waals surface area contributed by atoms with Crippen molar-refractivity contribution in [3.8, 4) is 0 Å². The molecule has 0 aromatic heterocycles. The Morgan fingerprint density at radius 2 is 1.53 bits per heavy atom. The molecule has 0 spiro atoms. The van der Waals surface area contributed by atoms with E-state index < -0.39 is 17.7 Å². The first-order chi connectivity index (χ1) is 8.97. The average molecular weight is 303 g/mol. The van der Waals surface area contributed by atoms with E-state index in [0.29, 0.717) is 11.1 Å². The predicted molar refractivity (Wildman–Crippen MR) is 71.5 cm³/mol. The van der Waals surface area contributed by atoms with E-state index >= 15 is 0 Å². The number of hydrogen-bond acceptors (Lipinski definition) is 1. The molecule has 0 aliphatic rings.